The van der Waals surface area contributed by atoms with E-state index in [1.807, 2.05) is 13.0 Å². The van der Waals surface area contributed by atoms with Crippen molar-refractivity contribution in [1.82, 2.24) is 14.7 Å². The zero-order valence-electron chi connectivity index (χ0n) is 13.3. The Morgan fingerprint density at radius 3 is 2.96 bits per heavy atom. The SMILES string of the molecule is CCc1cc(NC(=O)C(=O)N2CCCC2c2ccco2)n(C)n1. The first-order valence-corrected chi connectivity index (χ1v) is 7.78. The second kappa shape index (κ2) is 6.28. The van der Waals surface area contributed by atoms with Gasteiger partial charge in [0, 0.05) is 19.7 Å². The molecule has 23 heavy (non-hydrogen) atoms. The van der Waals surface area contributed by atoms with Gasteiger partial charge >= 0.3 is 11.8 Å². The molecule has 2 aromatic heterocycles. The van der Waals surface area contributed by atoms with E-state index >= 15 is 0 Å². The molecule has 1 unspecified atom stereocenters. The fraction of sp³-hybridized carbons (Fsp3) is 0.438. The third-order valence-electron chi connectivity index (χ3n) is 4.11. The number of nitrogens with one attached hydrogen (secondary N) is 1. The molecule has 0 aromatic carbocycles. The van der Waals surface area contributed by atoms with Crippen LogP contribution in [-0.2, 0) is 23.1 Å². The van der Waals surface area contributed by atoms with Crippen LogP contribution in [0.3, 0.4) is 0 Å². The van der Waals surface area contributed by atoms with Crippen molar-refractivity contribution in [2.45, 2.75) is 32.2 Å². The number of hydrogen-bond donors (Lipinski definition) is 1. The number of hydrogen-bond acceptors (Lipinski definition) is 4. The number of nitrogens with zero attached hydrogens (tertiary/aromatic N) is 3. The lowest BCUT2D eigenvalue weighted by atomic mass is 10.1. The highest BCUT2D eigenvalue weighted by molar-refractivity contribution is 6.39. The van der Waals surface area contributed by atoms with Gasteiger partial charge in [-0.25, -0.2) is 0 Å². The quantitative estimate of drug-likeness (QED) is 0.877. The molecule has 1 atom stereocenters. The zero-order valence-corrected chi connectivity index (χ0v) is 13.3. The van der Waals surface area contributed by atoms with Gasteiger partial charge in [0.15, 0.2) is 0 Å². The van der Waals surface area contributed by atoms with Crippen molar-refractivity contribution in [2.24, 2.45) is 7.05 Å². The molecule has 0 bridgehead atoms. The Kier molecular flexibility index (Phi) is 4.18. The van der Waals surface area contributed by atoms with Crippen LogP contribution in [0.4, 0.5) is 5.82 Å². The van der Waals surface area contributed by atoms with Crippen LogP contribution in [-0.4, -0.2) is 33.0 Å². The molecule has 0 saturated carbocycles. The molecule has 0 aliphatic carbocycles. The molecule has 1 fully saturated rings. The lowest BCUT2D eigenvalue weighted by Gasteiger charge is -2.22. The fourth-order valence-corrected chi connectivity index (χ4v) is 2.90. The molecule has 1 N–H and O–H groups in total. The second-order valence-electron chi connectivity index (χ2n) is 5.62. The maximum atomic E-state index is 12.5. The molecule has 2 aromatic rings. The summed E-state index contributed by atoms with van der Waals surface area (Å²) in [6.45, 7) is 2.54. The summed E-state index contributed by atoms with van der Waals surface area (Å²) in [5, 5.41) is 6.90. The van der Waals surface area contributed by atoms with Crippen LogP contribution in [0.5, 0.6) is 0 Å². The summed E-state index contributed by atoms with van der Waals surface area (Å²) in [7, 11) is 1.74. The Morgan fingerprint density at radius 2 is 2.30 bits per heavy atom. The maximum absolute atomic E-state index is 12.5. The van der Waals surface area contributed by atoms with E-state index in [0.717, 1.165) is 30.7 Å². The molecule has 122 valence electrons. The van der Waals surface area contributed by atoms with Crippen molar-refractivity contribution in [1.29, 1.82) is 0 Å². The summed E-state index contributed by atoms with van der Waals surface area (Å²) < 4.78 is 6.96. The highest BCUT2D eigenvalue weighted by Gasteiger charge is 2.35. The predicted molar refractivity (Wildman–Crippen MR) is 83.6 cm³/mol. The minimum absolute atomic E-state index is 0.166. The molecule has 3 rings (SSSR count). The Balaban J connectivity index is 1.71. The van der Waals surface area contributed by atoms with E-state index < -0.39 is 11.8 Å². The van der Waals surface area contributed by atoms with Gasteiger partial charge in [0.25, 0.3) is 0 Å². The van der Waals surface area contributed by atoms with Crippen molar-refractivity contribution in [3.8, 4) is 0 Å². The third kappa shape index (κ3) is 2.99. The highest BCUT2D eigenvalue weighted by Crippen LogP contribution is 2.32. The van der Waals surface area contributed by atoms with Crippen molar-refractivity contribution in [3.63, 3.8) is 0 Å². The van der Waals surface area contributed by atoms with Gasteiger partial charge in [-0.15, -0.1) is 0 Å². The van der Waals surface area contributed by atoms with Gasteiger partial charge in [-0.3, -0.25) is 14.3 Å². The van der Waals surface area contributed by atoms with Crippen LogP contribution in [0, 0.1) is 0 Å². The first-order valence-electron chi connectivity index (χ1n) is 7.78. The second-order valence-corrected chi connectivity index (χ2v) is 5.62. The maximum Gasteiger partial charge on any atom is 0.315 e. The minimum atomic E-state index is -0.644. The Morgan fingerprint density at radius 1 is 1.48 bits per heavy atom. The van der Waals surface area contributed by atoms with Gasteiger partial charge in [-0.2, -0.15) is 5.10 Å². The minimum Gasteiger partial charge on any atom is -0.467 e. The largest absolute Gasteiger partial charge is 0.467 e. The molecule has 3 heterocycles. The molecule has 0 spiro atoms. The van der Waals surface area contributed by atoms with Crippen molar-refractivity contribution in [3.05, 3.63) is 35.9 Å². The highest BCUT2D eigenvalue weighted by atomic mass is 16.3. The van der Waals surface area contributed by atoms with Gasteiger partial charge in [0.05, 0.1) is 18.0 Å². The van der Waals surface area contributed by atoms with Crippen molar-refractivity contribution >= 4 is 17.6 Å². The Labute approximate surface area is 134 Å². The predicted octanol–water partition coefficient (Wildman–Crippen LogP) is 1.88. The van der Waals surface area contributed by atoms with Crippen molar-refractivity contribution in [2.75, 3.05) is 11.9 Å². The van der Waals surface area contributed by atoms with Gasteiger partial charge < -0.3 is 14.6 Å². The van der Waals surface area contributed by atoms with E-state index in [-0.39, 0.29) is 6.04 Å². The first-order chi connectivity index (χ1) is 11.1. The number of likely N-dealkylation sites (tertiary alicyclic amines) is 1. The van der Waals surface area contributed by atoms with Gasteiger partial charge in [0.1, 0.15) is 11.6 Å². The van der Waals surface area contributed by atoms with Crippen LogP contribution in [0.2, 0.25) is 0 Å². The number of carbonyl (C=O) groups excluding carboxylic acids is 2. The molecular formula is C16H20N4O3. The summed E-state index contributed by atoms with van der Waals surface area (Å²) in [5.74, 6) is 0.0589. The average Bonchev–Trinajstić information content (AvgIpc) is 3.26. The van der Waals surface area contributed by atoms with E-state index in [9.17, 15) is 9.59 Å². The monoisotopic (exact) mass is 316 g/mol. The molecule has 2 amide bonds. The van der Waals surface area contributed by atoms with Crippen LogP contribution in [0.1, 0.15) is 37.3 Å². The zero-order chi connectivity index (χ0) is 16.4. The summed E-state index contributed by atoms with van der Waals surface area (Å²) in [6.07, 6.45) is 4.01. The number of amides is 2. The lowest BCUT2D eigenvalue weighted by Crippen LogP contribution is -2.39. The topological polar surface area (TPSA) is 80.4 Å². The number of aryl methyl sites for hydroxylation is 2. The Hall–Kier alpha value is -2.57. The first kappa shape index (κ1) is 15.3. The van der Waals surface area contributed by atoms with Crippen LogP contribution >= 0.6 is 0 Å². The van der Waals surface area contributed by atoms with E-state index in [1.54, 1.807) is 35.0 Å². The van der Waals surface area contributed by atoms with Crippen LogP contribution in [0.25, 0.3) is 0 Å². The van der Waals surface area contributed by atoms with Gasteiger partial charge in [-0.1, -0.05) is 6.92 Å². The number of aromatic nitrogens is 2. The molecule has 7 heteroatoms. The van der Waals surface area contributed by atoms with Crippen molar-refractivity contribution < 1.29 is 14.0 Å². The lowest BCUT2D eigenvalue weighted by molar-refractivity contribution is -0.144. The van der Waals surface area contributed by atoms with Gasteiger partial charge in [-0.05, 0) is 31.4 Å². The van der Waals surface area contributed by atoms with Gasteiger partial charge in [0.2, 0.25) is 0 Å². The van der Waals surface area contributed by atoms with E-state index in [2.05, 4.69) is 10.4 Å². The molecule has 1 aliphatic heterocycles. The number of rotatable bonds is 3. The summed E-state index contributed by atoms with van der Waals surface area (Å²) in [5.41, 5.74) is 0.866. The molecule has 1 saturated heterocycles. The molecule has 7 nitrogen and oxygen atoms in total. The van der Waals surface area contributed by atoms with E-state index in [1.165, 1.54) is 0 Å². The Bertz CT molecular complexity index is 705. The van der Waals surface area contributed by atoms with Crippen LogP contribution < -0.4 is 5.32 Å². The smallest absolute Gasteiger partial charge is 0.315 e. The number of furan rings is 1. The molecular weight excluding hydrogens is 296 g/mol. The summed E-state index contributed by atoms with van der Waals surface area (Å²) in [4.78, 5) is 26.4. The number of carbonyl (C=O) groups is 2. The standard InChI is InChI=1S/C16H20N4O3/c1-3-11-10-14(19(2)18-11)17-15(21)16(22)20-8-4-6-12(20)13-7-5-9-23-13/h5,7,9-10,12H,3-4,6,8H2,1-2H3,(H,17,21). The average molecular weight is 316 g/mol. The summed E-state index contributed by atoms with van der Waals surface area (Å²) in [6, 6.07) is 5.24. The third-order valence-corrected chi connectivity index (χ3v) is 4.11. The van der Waals surface area contributed by atoms with E-state index in [0.29, 0.717) is 12.4 Å². The molecule has 0 radical (unpaired) electrons. The molecule has 1 aliphatic rings. The number of anilines is 1. The van der Waals surface area contributed by atoms with Crippen LogP contribution in [0.15, 0.2) is 28.9 Å². The summed E-state index contributed by atoms with van der Waals surface area (Å²) >= 11 is 0. The fourth-order valence-electron chi connectivity index (χ4n) is 2.90. The van der Waals surface area contributed by atoms with E-state index in [4.69, 9.17) is 4.42 Å². The normalized spacial score (nSPS) is 17.5.